The van der Waals surface area contributed by atoms with E-state index < -0.39 is 0 Å². The van der Waals surface area contributed by atoms with Crippen molar-refractivity contribution in [2.24, 2.45) is 12.0 Å². The summed E-state index contributed by atoms with van der Waals surface area (Å²) in [5.74, 6) is 0. The minimum atomic E-state index is 0.794. The van der Waals surface area contributed by atoms with Crippen LogP contribution < -0.4 is 0 Å². The molecule has 146 valence electrons. The smallest absolute Gasteiger partial charge is 0.138 e. The van der Waals surface area contributed by atoms with Gasteiger partial charge in [-0.1, -0.05) is 60.7 Å². The molecule has 0 unspecified atom stereocenters. The van der Waals surface area contributed by atoms with E-state index in [1.165, 1.54) is 10.9 Å². The minimum Gasteiger partial charge on any atom is -0.456 e. The molecule has 30 heavy (non-hydrogen) atoms. The molecule has 0 fully saturated rings. The van der Waals surface area contributed by atoms with Gasteiger partial charge in [-0.15, -0.1) is 0 Å². The fourth-order valence-corrected chi connectivity index (χ4v) is 3.89. The topological polar surface area (TPSA) is 30.4 Å². The second-order valence-corrected chi connectivity index (χ2v) is 7.32. The molecule has 0 bridgehead atoms. The quantitative estimate of drug-likeness (QED) is 0.295. The number of fused-ring (bicyclic) bond motifs is 3. The molecule has 0 N–H and O–H groups in total. The number of furan rings is 1. The molecule has 0 saturated carbocycles. The van der Waals surface area contributed by atoms with E-state index in [4.69, 9.17) is 4.42 Å². The van der Waals surface area contributed by atoms with Crippen molar-refractivity contribution in [3.63, 3.8) is 0 Å². The van der Waals surface area contributed by atoms with Crippen molar-refractivity contribution >= 4 is 33.8 Å². The van der Waals surface area contributed by atoms with Gasteiger partial charge in [0, 0.05) is 41.5 Å². The summed E-state index contributed by atoms with van der Waals surface area (Å²) in [6, 6.07) is 26.9. The third-order valence-corrected chi connectivity index (χ3v) is 5.38. The van der Waals surface area contributed by atoms with Crippen LogP contribution in [0.4, 0.5) is 5.69 Å². The molecule has 0 amide bonds. The first-order chi connectivity index (χ1) is 14.8. The van der Waals surface area contributed by atoms with Crippen LogP contribution in [0.5, 0.6) is 0 Å². The fourth-order valence-electron chi connectivity index (χ4n) is 3.89. The van der Waals surface area contributed by atoms with E-state index in [1.807, 2.05) is 68.0 Å². The van der Waals surface area contributed by atoms with Crippen molar-refractivity contribution in [3.8, 4) is 11.3 Å². The third kappa shape index (κ3) is 3.35. The van der Waals surface area contributed by atoms with Crippen molar-refractivity contribution in [1.82, 2.24) is 4.57 Å². The summed E-state index contributed by atoms with van der Waals surface area (Å²) in [4.78, 5) is 4.68. The summed E-state index contributed by atoms with van der Waals surface area (Å²) in [5, 5.41) is 2.33. The minimum absolute atomic E-state index is 0.794. The Bertz CT molecular complexity index is 1380. The van der Waals surface area contributed by atoms with Gasteiger partial charge in [0.05, 0.1) is 5.69 Å². The molecular formula is C27H22N2O. The predicted molar refractivity (Wildman–Crippen MR) is 126 cm³/mol. The van der Waals surface area contributed by atoms with Gasteiger partial charge in [-0.3, -0.25) is 4.99 Å². The van der Waals surface area contributed by atoms with Gasteiger partial charge in [0.1, 0.15) is 11.2 Å². The highest BCUT2D eigenvalue weighted by molar-refractivity contribution is 6.05. The van der Waals surface area contributed by atoms with Gasteiger partial charge < -0.3 is 8.98 Å². The first-order valence-corrected chi connectivity index (χ1v) is 10.1. The van der Waals surface area contributed by atoms with Crippen LogP contribution in [0.1, 0.15) is 5.56 Å². The maximum absolute atomic E-state index is 6.11. The molecule has 0 spiro atoms. The Morgan fingerprint density at radius 3 is 2.60 bits per heavy atom. The number of para-hydroxylation sites is 3. The first-order valence-electron chi connectivity index (χ1n) is 10.1. The van der Waals surface area contributed by atoms with E-state index >= 15 is 0 Å². The molecule has 0 aliphatic carbocycles. The number of nitrogens with zero attached hydrogens (tertiary/aromatic N) is 2. The number of hydrogen-bond donors (Lipinski definition) is 0. The Hall–Kier alpha value is -3.85. The van der Waals surface area contributed by atoms with E-state index in [9.17, 15) is 0 Å². The molecule has 5 aromatic rings. The zero-order chi connectivity index (χ0) is 20.3. The van der Waals surface area contributed by atoms with Gasteiger partial charge in [0.25, 0.3) is 0 Å². The second kappa shape index (κ2) is 7.88. The molecule has 0 aliphatic rings. The summed E-state index contributed by atoms with van der Waals surface area (Å²) in [6.07, 6.45) is 8.83. The van der Waals surface area contributed by atoms with Crippen LogP contribution in [0.3, 0.4) is 0 Å². The molecule has 2 aromatic heterocycles. The van der Waals surface area contributed by atoms with Gasteiger partial charge in [-0.25, -0.2) is 0 Å². The largest absolute Gasteiger partial charge is 0.456 e. The molecule has 0 saturated heterocycles. The molecule has 3 heteroatoms. The number of benzene rings is 3. The molecular weight excluding hydrogens is 368 g/mol. The third-order valence-electron chi connectivity index (χ3n) is 5.38. The van der Waals surface area contributed by atoms with Gasteiger partial charge in [-0.05, 0) is 42.3 Å². The summed E-state index contributed by atoms with van der Waals surface area (Å²) in [7, 11) is 2.05. The highest BCUT2D eigenvalue weighted by Crippen LogP contribution is 2.31. The molecule has 2 heterocycles. The highest BCUT2D eigenvalue weighted by atomic mass is 16.3. The fraction of sp³-hybridized carbons (Fsp3) is 0.0741. The summed E-state index contributed by atoms with van der Waals surface area (Å²) < 4.78 is 8.22. The predicted octanol–water partition coefficient (Wildman–Crippen LogP) is 7.09. The lowest BCUT2D eigenvalue weighted by atomic mass is 10.1. The standard InChI is InChI=1S/C27H22N2O/c1-29-19-9-16-25(29)23-13-2-4-15-24(23)28-18-7-6-10-20-11-8-14-22-21-12-3-5-17-26(21)30-27(20)22/h2-9,11-19H,10H2,1H3/b7-6-,28-18?. The molecule has 5 rings (SSSR count). The van der Waals surface area contributed by atoms with Gasteiger partial charge in [0.15, 0.2) is 0 Å². The summed E-state index contributed by atoms with van der Waals surface area (Å²) in [6.45, 7) is 0. The average molecular weight is 390 g/mol. The maximum Gasteiger partial charge on any atom is 0.138 e. The van der Waals surface area contributed by atoms with Crippen molar-refractivity contribution in [2.75, 3.05) is 0 Å². The zero-order valence-corrected chi connectivity index (χ0v) is 16.8. The second-order valence-electron chi connectivity index (χ2n) is 7.32. The Balaban J connectivity index is 1.37. The normalized spacial score (nSPS) is 12.0. The maximum atomic E-state index is 6.11. The van der Waals surface area contributed by atoms with Crippen LogP contribution in [0.25, 0.3) is 33.2 Å². The lowest BCUT2D eigenvalue weighted by molar-refractivity contribution is 0.664. The van der Waals surface area contributed by atoms with E-state index in [0.29, 0.717) is 0 Å². The van der Waals surface area contributed by atoms with E-state index in [0.717, 1.165) is 39.9 Å². The van der Waals surface area contributed by atoms with Gasteiger partial charge in [0.2, 0.25) is 0 Å². The number of rotatable bonds is 5. The lowest BCUT2D eigenvalue weighted by Gasteiger charge is -2.06. The Morgan fingerprint density at radius 2 is 1.70 bits per heavy atom. The molecule has 0 aliphatic heterocycles. The average Bonchev–Trinajstić information content (AvgIpc) is 3.37. The van der Waals surface area contributed by atoms with E-state index in [-0.39, 0.29) is 0 Å². The summed E-state index contributed by atoms with van der Waals surface area (Å²) in [5.41, 5.74) is 6.32. The van der Waals surface area contributed by atoms with E-state index in [2.05, 4.69) is 52.0 Å². The number of aliphatic imine (C=N–C) groups is 1. The van der Waals surface area contributed by atoms with Gasteiger partial charge in [-0.2, -0.15) is 0 Å². The van der Waals surface area contributed by atoms with Crippen molar-refractivity contribution < 1.29 is 4.42 Å². The number of aryl methyl sites for hydroxylation is 1. The molecule has 0 radical (unpaired) electrons. The molecule has 3 nitrogen and oxygen atoms in total. The number of hydrogen-bond acceptors (Lipinski definition) is 2. The van der Waals surface area contributed by atoms with Crippen molar-refractivity contribution in [3.05, 3.63) is 103 Å². The lowest BCUT2D eigenvalue weighted by Crippen LogP contribution is -1.89. The van der Waals surface area contributed by atoms with Crippen LogP contribution in [0.15, 0.2) is 107 Å². The van der Waals surface area contributed by atoms with Crippen LogP contribution >= 0.6 is 0 Å². The van der Waals surface area contributed by atoms with E-state index in [1.54, 1.807) is 0 Å². The highest BCUT2D eigenvalue weighted by Gasteiger charge is 2.09. The number of allylic oxidation sites excluding steroid dienone is 2. The van der Waals surface area contributed by atoms with Crippen molar-refractivity contribution in [2.45, 2.75) is 6.42 Å². The first kappa shape index (κ1) is 18.2. The zero-order valence-electron chi connectivity index (χ0n) is 16.8. The Kier molecular flexibility index (Phi) is 4.78. The van der Waals surface area contributed by atoms with Crippen LogP contribution in [0.2, 0.25) is 0 Å². The number of aromatic nitrogens is 1. The molecule has 0 atom stereocenters. The SMILES string of the molecule is Cn1cccc1-c1ccccc1N=C/C=C\Cc1cccc2c1oc1ccccc12. The monoisotopic (exact) mass is 390 g/mol. The summed E-state index contributed by atoms with van der Waals surface area (Å²) >= 11 is 0. The van der Waals surface area contributed by atoms with Crippen LogP contribution in [-0.2, 0) is 13.5 Å². The molecule has 3 aromatic carbocycles. The van der Waals surface area contributed by atoms with Gasteiger partial charge >= 0.3 is 0 Å². The Labute approximate surface area is 175 Å². The van der Waals surface area contributed by atoms with Crippen LogP contribution in [-0.4, -0.2) is 10.8 Å². The van der Waals surface area contributed by atoms with Crippen molar-refractivity contribution in [1.29, 1.82) is 0 Å². The van der Waals surface area contributed by atoms with Crippen LogP contribution in [0, 0.1) is 0 Å². The Morgan fingerprint density at radius 1 is 0.867 bits per heavy atom.